The molecule has 2 rings (SSSR count). The quantitative estimate of drug-likeness (QED) is 0.389. The minimum Gasteiger partial charge on any atom is -0.493 e. The first-order valence-electron chi connectivity index (χ1n) is 8.80. The topological polar surface area (TPSA) is 62.8 Å². The van der Waals surface area contributed by atoms with Crippen molar-refractivity contribution in [1.29, 1.82) is 0 Å². The first kappa shape index (κ1) is 27.0. The number of aliphatic hydroxyl groups is 1. The third-order valence-corrected chi connectivity index (χ3v) is 4.43. The van der Waals surface area contributed by atoms with Crippen molar-refractivity contribution in [3.05, 3.63) is 58.1 Å². The summed E-state index contributed by atoms with van der Waals surface area (Å²) in [6.07, 6.45) is 1.01. The smallest absolute Gasteiger partial charge is 0.175 e. The number of aliphatic hydroxyl groups excluding tert-OH is 1. The van der Waals surface area contributed by atoms with Crippen molar-refractivity contribution in [2.75, 3.05) is 33.4 Å². The normalized spacial score (nSPS) is 9.96. The summed E-state index contributed by atoms with van der Waals surface area (Å²) in [5.41, 5.74) is 2.24. The highest BCUT2D eigenvalue weighted by Gasteiger charge is 2.12. The van der Waals surface area contributed by atoms with E-state index in [1.54, 1.807) is 7.11 Å². The molecule has 0 aliphatic heterocycles. The second kappa shape index (κ2) is 15.9. The van der Waals surface area contributed by atoms with Gasteiger partial charge in [-0.25, -0.2) is 0 Å². The number of nitrogens with one attached hydrogen (secondary N) is 2. The first-order valence-corrected chi connectivity index (χ1v) is 9.59. The summed E-state index contributed by atoms with van der Waals surface area (Å²) in [5, 5.41) is 15.3. The lowest BCUT2D eigenvalue weighted by Gasteiger charge is -2.15. The number of hydrogen-bond acceptors (Lipinski definition) is 5. The molecule has 0 heterocycles. The lowest BCUT2D eigenvalue weighted by atomic mass is 10.2. The number of benzene rings is 2. The second-order valence-electron chi connectivity index (χ2n) is 5.89. The predicted octanol–water partition coefficient (Wildman–Crippen LogP) is 3.94. The Balaban J connectivity index is 0.00000364. The average Bonchev–Trinajstić information content (AvgIpc) is 2.67. The number of ether oxygens (including phenoxy) is 2. The summed E-state index contributed by atoms with van der Waals surface area (Å²) in [4.78, 5) is 0. The Morgan fingerprint density at radius 1 is 0.964 bits per heavy atom. The Labute approximate surface area is 188 Å². The minimum absolute atomic E-state index is 0. The monoisotopic (exact) mass is 494 g/mol. The van der Waals surface area contributed by atoms with Crippen molar-refractivity contribution < 1.29 is 14.6 Å². The predicted molar refractivity (Wildman–Crippen MR) is 122 cm³/mol. The van der Waals surface area contributed by atoms with Gasteiger partial charge in [-0.2, -0.15) is 0 Å². The van der Waals surface area contributed by atoms with Gasteiger partial charge < -0.3 is 25.2 Å². The zero-order valence-corrected chi connectivity index (χ0v) is 19.2. The van der Waals surface area contributed by atoms with Crippen molar-refractivity contribution in [2.24, 2.45) is 0 Å². The van der Waals surface area contributed by atoms with E-state index in [2.05, 4.69) is 32.6 Å². The van der Waals surface area contributed by atoms with E-state index in [1.165, 1.54) is 0 Å². The third kappa shape index (κ3) is 9.45. The molecule has 0 spiro atoms. The lowest BCUT2D eigenvalue weighted by molar-refractivity contribution is 0.282. The number of hydrogen-bond donors (Lipinski definition) is 3. The van der Waals surface area contributed by atoms with Crippen LogP contribution in [0.15, 0.2) is 46.9 Å². The van der Waals surface area contributed by atoms with Gasteiger partial charge in [-0.15, -0.1) is 24.8 Å². The Kier molecular flexibility index (Phi) is 15.3. The highest BCUT2D eigenvalue weighted by atomic mass is 79.9. The SMILES string of the molecule is COc1cc(CNCCCNCCO)cc(Br)c1OCc1ccccc1.Cl.Cl. The standard InChI is InChI=1S/C20H27BrN2O3.2ClH/c1-25-19-13-17(14-23-9-5-8-22-10-11-24)12-18(21)20(19)26-15-16-6-3-2-4-7-16;;/h2-4,6-7,12-13,22-24H,5,8-11,14-15H2,1H3;2*1H. The first-order chi connectivity index (χ1) is 12.7. The molecule has 0 fully saturated rings. The molecule has 0 saturated heterocycles. The molecule has 2 aromatic carbocycles. The van der Waals surface area contributed by atoms with Crippen LogP contribution in [0.1, 0.15) is 17.5 Å². The maximum Gasteiger partial charge on any atom is 0.175 e. The molecule has 8 heteroatoms. The number of halogens is 3. The molecule has 0 aromatic heterocycles. The van der Waals surface area contributed by atoms with Crippen LogP contribution in [0.2, 0.25) is 0 Å². The molecule has 0 saturated carbocycles. The average molecular weight is 496 g/mol. The highest BCUT2D eigenvalue weighted by molar-refractivity contribution is 9.10. The molecule has 0 unspecified atom stereocenters. The van der Waals surface area contributed by atoms with Gasteiger partial charge in [0.1, 0.15) is 6.61 Å². The van der Waals surface area contributed by atoms with E-state index in [1.807, 2.05) is 36.4 Å². The Morgan fingerprint density at radius 2 is 1.68 bits per heavy atom. The van der Waals surface area contributed by atoms with Crippen LogP contribution in [0.3, 0.4) is 0 Å². The van der Waals surface area contributed by atoms with Crippen LogP contribution in [0.5, 0.6) is 11.5 Å². The van der Waals surface area contributed by atoms with Gasteiger partial charge in [0.2, 0.25) is 0 Å². The van der Waals surface area contributed by atoms with E-state index in [-0.39, 0.29) is 31.4 Å². The van der Waals surface area contributed by atoms with Crippen LogP contribution in [-0.2, 0) is 13.2 Å². The summed E-state index contributed by atoms with van der Waals surface area (Å²) in [5.74, 6) is 1.44. The maximum atomic E-state index is 8.71. The molecule has 158 valence electrons. The molecular formula is C20H29BrCl2N2O3. The third-order valence-electron chi connectivity index (χ3n) is 3.84. The van der Waals surface area contributed by atoms with Crippen LogP contribution in [0, 0.1) is 0 Å². The van der Waals surface area contributed by atoms with Crippen LogP contribution in [0.4, 0.5) is 0 Å². The fourth-order valence-corrected chi connectivity index (χ4v) is 3.12. The molecule has 0 aliphatic rings. The Hall–Kier alpha value is -1.02. The largest absolute Gasteiger partial charge is 0.493 e. The van der Waals surface area contributed by atoms with Gasteiger partial charge in [0, 0.05) is 13.1 Å². The second-order valence-corrected chi connectivity index (χ2v) is 6.74. The van der Waals surface area contributed by atoms with Gasteiger partial charge in [0.15, 0.2) is 11.5 Å². The molecule has 5 nitrogen and oxygen atoms in total. The van der Waals surface area contributed by atoms with E-state index in [4.69, 9.17) is 14.6 Å². The molecule has 0 aliphatic carbocycles. The Bertz CT molecular complexity index is 663. The van der Waals surface area contributed by atoms with Gasteiger partial charge in [-0.1, -0.05) is 30.3 Å². The fourth-order valence-electron chi connectivity index (χ4n) is 2.52. The molecule has 0 atom stereocenters. The van der Waals surface area contributed by atoms with Crippen LogP contribution >= 0.6 is 40.7 Å². The van der Waals surface area contributed by atoms with Gasteiger partial charge in [-0.3, -0.25) is 0 Å². The van der Waals surface area contributed by atoms with E-state index in [9.17, 15) is 0 Å². The van der Waals surface area contributed by atoms with Crippen molar-refractivity contribution in [1.82, 2.24) is 10.6 Å². The molecule has 2 aromatic rings. The molecular weight excluding hydrogens is 467 g/mol. The fraction of sp³-hybridized carbons (Fsp3) is 0.400. The maximum absolute atomic E-state index is 8.71. The number of rotatable bonds is 12. The Morgan fingerprint density at radius 3 is 2.36 bits per heavy atom. The van der Waals surface area contributed by atoms with Crippen molar-refractivity contribution in [3.63, 3.8) is 0 Å². The summed E-state index contributed by atoms with van der Waals surface area (Å²) < 4.78 is 12.4. The van der Waals surface area contributed by atoms with Gasteiger partial charge >= 0.3 is 0 Å². The molecule has 0 radical (unpaired) electrons. The summed E-state index contributed by atoms with van der Waals surface area (Å²) in [6, 6.07) is 14.1. The van der Waals surface area contributed by atoms with Gasteiger partial charge in [0.25, 0.3) is 0 Å². The summed E-state index contributed by atoms with van der Waals surface area (Å²) in [7, 11) is 1.65. The van der Waals surface area contributed by atoms with Crippen LogP contribution in [-0.4, -0.2) is 38.5 Å². The van der Waals surface area contributed by atoms with E-state index >= 15 is 0 Å². The van der Waals surface area contributed by atoms with Crippen molar-refractivity contribution in [3.8, 4) is 11.5 Å². The van der Waals surface area contributed by atoms with Crippen molar-refractivity contribution in [2.45, 2.75) is 19.6 Å². The highest BCUT2D eigenvalue weighted by Crippen LogP contribution is 2.37. The van der Waals surface area contributed by atoms with E-state index in [0.29, 0.717) is 18.9 Å². The number of methoxy groups -OCH3 is 1. The molecule has 0 bridgehead atoms. The van der Waals surface area contributed by atoms with Gasteiger partial charge in [-0.05, 0) is 58.7 Å². The summed E-state index contributed by atoms with van der Waals surface area (Å²) in [6.45, 7) is 3.88. The zero-order chi connectivity index (χ0) is 18.6. The van der Waals surface area contributed by atoms with Crippen LogP contribution in [0.25, 0.3) is 0 Å². The van der Waals surface area contributed by atoms with Gasteiger partial charge in [0.05, 0.1) is 18.2 Å². The lowest BCUT2D eigenvalue weighted by Crippen LogP contribution is -2.23. The molecule has 0 amide bonds. The molecule has 28 heavy (non-hydrogen) atoms. The molecule has 3 N–H and O–H groups in total. The summed E-state index contributed by atoms with van der Waals surface area (Å²) >= 11 is 3.60. The zero-order valence-electron chi connectivity index (χ0n) is 15.9. The van der Waals surface area contributed by atoms with E-state index in [0.717, 1.165) is 47.4 Å². The van der Waals surface area contributed by atoms with Crippen LogP contribution < -0.4 is 20.1 Å². The van der Waals surface area contributed by atoms with E-state index < -0.39 is 0 Å². The minimum atomic E-state index is 0. The van der Waals surface area contributed by atoms with Crippen molar-refractivity contribution >= 4 is 40.7 Å².